The molecule has 0 saturated carbocycles. The fourth-order valence-electron chi connectivity index (χ4n) is 3.58. The van der Waals surface area contributed by atoms with E-state index in [1.165, 1.54) is 0 Å². The molecule has 1 aromatic carbocycles. The summed E-state index contributed by atoms with van der Waals surface area (Å²) in [5.41, 5.74) is 1.99. The number of amides is 1. The Kier molecular flexibility index (Phi) is 7.39. The minimum Gasteiger partial charge on any atom is -0.497 e. The second-order valence-electron chi connectivity index (χ2n) is 6.95. The fourth-order valence-corrected chi connectivity index (χ4v) is 3.58. The summed E-state index contributed by atoms with van der Waals surface area (Å²) in [5, 5.41) is 0. The zero-order valence-electron chi connectivity index (χ0n) is 16.7. The van der Waals surface area contributed by atoms with Crippen LogP contribution in [0.2, 0.25) is 0 Å². The van der Waals surface area contributed by atoms with Gasteiger partial charge in [0.2, 0.25) is 5.91 Å². The normalized spacial score (nSPS) is 15.8. The van der Waals surface area contributed by atoms with E-state index in [1.54, 1.807) is 19.5 Å². The Labute approximate surface area is 167 Å². The standard InChI is InChI=1S/C22H29N3O3/c1-3-10-25(17-18-6-4-8-20(15-18)27-2)22(26)21(19-7-5-9-23-16-19)24-11-13-28-14-12-24/h4-9,15-16,21H,3,10-14,17H2,1-2H3. The van der Waals surface area contributed by atoms with Gasteiger partial charge >= 0.3 is 0 Å². The van der Waals surface area contributed by atoms with Crippen molar-refractivity contribution < 1.29 is 14.3 Å². The van der Waals surface area contributed by atoms with Crippen molar-refractivity contribution in [1.82, 2.24) is 14.8 Å². The van der Waals surface area contributed by atoms with Gasteiger partial charge in [-0.1, -0.05) is 25.1 Å². The van der Waals surface area contributed by atoms with Crippen LogP contribution in [-0.4, -0.2) is 60.6 Å². The Morgan fingerprint density at radius 2 is 2.11 bits per heavy atom. The third-order valence-corrected chi connectivity index (χ3v) is 4.96. The molecule has 0 radical (unpaired) electrons. The lowest BCUT2D eigenvalue weighted by Gasteiger charge is -2.36. The zero-order valence-corrected chi connectivity index (χ0v) is 16.7. The van der Waals surface area contributed by atoms with Gasteiger partial charge in [-0.25, -0.2) is 0 Å². The smallest absolute Gasteiger partial charge is 0.244 e. The van der Waals surface area contributed by atoms with Crippen LogP contribution in [0.25, 0.3) is 0 Å². The summed E-state index contributed by atoms with van der Waals surface area (Å²) in [7, 11) is 1.66. The van der Waals surface area contributed by atoms with Crippen molar-refractivity contribution in [2.24, 2.45) is 0 Å². The van der Waals surface area contributed by atoms with Gasteiger partial charge in [-0.05, 0) is 35.7 Å². The third kappa shape index (κ3) is 5.09. The molecule has 0 N–H and O–H groups in total. The number of nitrogens with zero attached hydrogens (tertiary/aromatic N) is 3. The van der Waals surface area contributed by atoms with Gasteiger partial charge in [0, 0.05) is 38.6 Å². The number of carbonyl (C=O) groups excluding carboxylic acids is 1. The second kappa shape index (κ2) is 10.2. The Hall–Kier alpha value is -2.44. The van der Waals surface area contributed by atoms with E-state index in [0.29, 0.717) is 26.3 Å². The number of rotatable bonds is 8. The van der Waals surface area contributed by atoms with Crippen LogP contribution >= 0.6 is 0 Å². The zero-order chi connectivity index (χ0) is 19.8. The molecule has 1 aliphatic rings. The molecule has 2 heterocycles. The lowest BCUT2D eigenvalue weighted by Crippen LogP contribution is -2.47. The molecule has 1 aromatic heterocycles. The number of methoxy groups -OCH3 is 1. The number of hydrogen-bond donors (Lipinski definition) is 0. The number of morpholine rings is 1. The van der Waals surface area contributed by atoms with Crippen molar-refractivity contribution >= 4 is 5.91 Å². The highest BCUT2D eigenvalue weighted by molar-refractivity contribution is 5.83. The topological polar surface area (TPSA) is 54.9 Å². The van der Waals surface area contributed by atoms with Gasteiger partial charge in [-0.3, -0.25) is 14.7 Å². The van der Waals surface area contributed by atoms with Crippen LogP contribution in [0.1, 0.15) is 30.5 Å². The van der Waals surface area contributed by atoms with Gasteiger partial charge in [-0.2, -0.15) is 0 Å². The molecular formula is C22H29N3O3. The number of ether oxygens (including phenoxy) is 2. The Bertz CT molecular complexity index is 748. The maximum atomic E-state index is 13.7. The van der Waals surface area contributed by atoms with Gasteiger partial charge in [0.15, 0.2) is 0 Å². The highest BCUT2D eigenvalue weighted by Crippen LogP contribution is 2.25. The van der Waals surface area contributed by atoms with Gasteiger partial charge in [0.05, 0.1) is 20.3 Å². The molecule has 6 heteroatoms. The van der Waals surface area contributed by atoms with Crippen LogP contribution in [-0.2, 0) is 16.1 Å². The first-order valence-electron chi connectivity index (χ1n) is 9.86. The van der Waals surface area contributed by atoms with E-state index in [4.69, 9.17) is 9.47 Å². The molecule has 3 rings (SSSR count). The molecule has 6 nitrogen and oxygen atoms in total. The summed E-state index contributed by atoms with van der Waals surface area (Å²) in [6.07, 6.45) is 4.44. The van der Waals surface area contributed by atoms with Gasteiger partial charge < -0.3 is 14.4 Å². The molecule has 150 valence electrons. The number of hydrogen-bond acceptors (Lipinski definition) is 5. The van der Waals surface area contributed by atoms with E-state index in [1.807, 2.05) is 41.3 Å². The lowest BCUT2D eigenvalue weighted by atomic mass is 10.0. The highest BCUT2D eigenvalue weighted by Gasteiger charge is 2.32. The van der Waals surface area contributed by atoms with Gasteiger partial charge in [-0.15, -0.1) is 0 Å². The van der Waals surface area contributed by atoms with Crippen molar-refractivity contribution in [3.63, 3.8) is 0 Å². The van der Waals surface area contributed by atoms with E-state index in [9.17, 15) is 4.79 Å². The molecule has 1 unspecified atom stereocenters. The first kappa shape index (κ1) is 20.3. The molecule has 0 bridgehead atoms. The summed E-state index contributed by atoms with van der Waals surface area (Å²) >= 11 is 0. The maximum absolute atomic E-state index is 13.7. The molecular weight excluding hydrogens is 354 g/mol. The summed E-state index contributed by atoms with van der Waals surface area (Å²) in [4.78, 5) is 22.1. The van der Waals surface area contributed by atoms with Crippen molar-refractivity contribution in [2.45, 2.75) is 25.9 Å². The van der Waals surface area contributed by atoms with Crippen LogP contribution in [0, 0.1) is 0 Å². The van der Waals surface area contributed by atoms with Crippen molar-refractivity contribution in [2.75, 3.05) is 40.0 Å². The fraction of sp³-hybridized carbons (Fsp3) is 0.455. The van der Waals surface area contributed by atoms with Crippen molar-refractivity contribution in [3.8, 4) is 5.75 Å². The van der Waals surface area contributed by atoms with Crippen molar-refractivity contribution in [3.05, 3.63) is 59.9 Å². The molecule has 2 aromatic rings. The second-order valence-corrected chi connectivity index (χ2v) is 6.95. The minimum absolute atomic E-state index is 0.111. The van der Waals surface area contributed by atoms with Crippen LogP contribution in [0.3, 0.4) is 0 Å². The predicted octanol–water partition coefficient (Wildman–Crippen LogP) is 2.90. The summed E-state index contributed by atoms with van der Waals surface area (Å²) in [6.45, 7) is 6.14. The van der Waals surface area contributed by atoms with Crippen LogP contribution in [0.15, 0.2) is 48.8 Å². The quantitative estimate of drug-likeness (QED) is 0.702. The number of aromatic nitrogens is 1. The first-order chi connectivity index (χ1) is 13.7. The first-order valence-corrected chi connectivity index (χ1v) is 9.86. The van der Waals surface area contributed by atoms with Gasteiger partial charge in [0.25, 0.3) is 0 Å². The number of pyridine rings is 1. The maximum Gasteiger partial charge on any atom is 0.244 e. The van der Waals surface area contributed by atoms with E-state index >= 15 is 0 Å². The average molecular weight is 383 g/mol. The highest BCUT2D eigenvalue weighted by atomic mass is 16.5. The Morgan fingerprint density at radius 3 is 2.79 bits per heavy atom. The van der Waals surface area contributed by atoms with Crippen LogP contribution < -0.4 is 4.74 Å². The monoisotopic (exact) mass is 383 g/mol. The average Bonchev–Trinajstić information content (AvgIpc) is 2.75. The lowest BCUT2D eigenvalue weighted by molar-refractivity contribution is -0.140. The summed E-state index contributed by atoms with van der Waals surface area (Å²) in [6, 6.07) is 11.4. The van der Waals surface area contributed by atoms with E-state index in [2.05, 4.69) is 16.8 Å². The number of carbonyl (C=O) groups is 1. The Morgan fingerprint density at radius 1 is 1.29 bits per heavy atom. The molecule has 1 atom stereocenters. The molecule has 1 aliphatic heterocycles. The SMILES string of the molecule is CCCN(Cc1cccc(OC)c1)C(=O)C(c1cccnc1)N1CCOCC1. The minimum atomic E-state index is -0.338. The molecule has 1 fully saturated rings. The molecule has 0 spiro atoms. The third-order valence-electron chi connectivity index (χ3n) is 4.96. The number of benzene rings is 1. The van der Waals surface area contributed by atoms with Crippen molar-refractivity contribution in [1.29, 1.82) is 0 Å². The summed E-state index contributed by atoms with van der Waals surface area (Å²) in [5.74, 6) is 0.915. The predicted molar refractivity (Wildman–Crippen MR) is 108 cm³/mol. The molecule has 1 amide bonds. The van der Waals surface area contributed by atoms with E-state index in [0.717, 1.165) is 36.4 Å². The molecule has 1 saturated heterocycles. The van der Waals surface area contributed by atoms with Gasteiger partial charge in [0.1, 0.15) is 11.8 Å². The largest absolute Gasteiger partial charge is 0.497 e. The Balaban J connectivity index is 1.86. The van der Waals surface area contributed by atoms with E-state index < -0.39 is 0 Å². The molecule has 28 heavy (non-hydrogen) atoms. The summed E-state index contributed by atoms with van der Waals surface area (Å²) < 4.78 is 10.8. The molecule has 0 aliphatic carbocycles. The van der Waals surface area contributed by atoms with E-state index in [-0.39, 0.29) is 11.9 Å². The van der Waals surface area contributed by atoms with Crippen LogP contribution in [0.5, 0.6) is 5.75 Å². The van der Waals surface area contributed by atoms with Crippen LogP contribution in [0.4, 0.5) is 0 Å².